The Balaban J connectivity index is 1.53. The number of nitrogens with one attached hydrogen (secondary N) is 1. The van der Waals surface area contributed by atoms with Crippen molar-refractivity contribution in [3.05, 3.63) is 75.3 Å². The quantitative estimate of drug-likeness (QED) is 0.412. The number of ether oxygens (including phenoxy) is 6. The summed E-state index contributed by atoms with van der Waals surface area (Å²) in [6.07, 6.45) is 0. The predicted octanol–water partition coefficient (Wildman–Crippen LogP) is 4.61. The van der Waals surface area contributed by atoms with Gasteiger partial charge < -0.3 is 33.7 Å². The highest BCUT2D eigenvalue weighted by molar-refractivity contribution is 9.10. The zero-order valence-corrected chi connectivity index (χ0v) is 23.1. The third-order valence-electron chi connectivity index (χ3n) is 7.64. The highest BCUT2D eigenvalue weighted by Crippen LogP contribution is 2.55. The molecule has 10 heteroatoms. The van der Waals surface area contributed by atoms with Gasteiger partial charge in [0.1, 0.15) is 0 Å². The molecule has 1 unspecified atom stereocenters. The van der Waals surface area contributed by atoms with Crippen LogP contribution in [-0.2, 0) is 9.53 Å². The van der Waals surface area contributed by atoms with Gasteiger partial charge in [-0.1, -0.05) is 12.1 Å². The molecule has 4 atom stereocenters. The van der Waals surface area contributed by atoms with Crippen molar-refractivity contribution in [2.24, 2.45) is 11.8 Å². The van der Waals surface area contributed by atoms with Crippen LogP contribution in [0.4, 0.5) is 0 Å². The van der Waals surface area contributed by atoms with Gasteiger partial charge in [0.2, 0.25) is 12.5 Å². The van der Waals surface area contributed by atoms with Crippen molar-refractivity contribution >= 4 is 27.8 Å². The minimum atomic E-state index is -0.579. The van der Waals surface area contributed by atoms with E-state index in [1.165, 1.54) is 0 Å². The van der Waals surface area contributed by atoms with Gasteiger partial charge in [0.05, 0.1) is 45.5 Å². The van der Waals surface area contributed by atoms with E-state index in [0.717, 1.165) is 16.7 Å². The first-order chi connectivity index (χ1) is 18.9. The maximum Gasteiger partial charge on any atom is 0.310 e. The van der Waals surface area contributed by atoms with E-state index in [9.17, 15) is 9.59 Å². The van der Waals surface area contributed by atoms with E-state index in [1.807, 2.05) is 36.4 Å². The third kappa shape index (κ3) is 4.14. The number of amides is 1. The first kappa shape index (κ1) is 25.4. The van der Waals surface area contributed by atoms with Gasteiger partial charge in [0.15, 0.2) is 23.0 Å². The maximum absolute atomic E-state index is 13.5. The van der Waals surface area contributed by atoms with Gasteiger partial charge in [-0.05, 0) is 69.0 Å². The molecule has 6 rings (SSSR count). The van der Waals surface area contributed by atoms with E-state index < -0.39 is 17.9 Å². The molecule has 1 N–H and O–H groups in total. The lowest BCUT2D eigenvalue weighted by Gasteiger charge is -2.39. The molecule has 1 fully saturated rings. The largest absolute Gasteiger partial charge is 0.493 e. The van der Waals surface area contributed by atoms with E-state index in [2.05, 4.69) is 21.2 Å². The SMILES string of the molecule is COc1cc([C@@H]2c3cc4c(cc3[C@@H](NC(=O)c3ccccc3Br)[C@H]3COC(=O)C23)OCO4)cc(OC)c1OC. The van der Waals surface area contributed by atoms with E-state index in [-0.39, 0.29) is 31.2 Å². The zero-order valence-electron chi connectivity index (χ0n) is 21.5. The Kier molecular flexibility index (Phi) is 6.50. The molecule has 39 heavy (non-hydrogen) atoms. The Morgan fingerprint density at radius 1 is 0.923 bits per heavy atom. The molecule has 2 aliphatic heterocycles. The van der Waals surface area contributed by atoms with Crippen LogP contribution in [0.25, 0.3) is 0 Å². The number of benzene rings is 3. The molecule has 3 aromatic rings. The Bertz CT molecular complexity index is 1450. The molecule has 0 aromatic heterocycles. The summed E-state index contributed by atoms with van der Waals surface area (Å²) in [5.74, 6) is 0.624. The van der Waals surface area contributed by atoms with Crippen LogP contribution in [0.3, 0.4) is 0 Å². The highest BCUT2D eigenvalue weighted by Gasteiger charge is 2.53. The molecule has 0 spiro atoms. The number of hydrogen-bond donors (Lipinski definition) is 1. The molecule has 0 radical (unpaired) electrons. The normalized spacial score (nSPS) is 22.4. The second-order valence-corrected chi connectivity index (χ2v) is 10.4. The topological polar surface area (TPSA) is 102 Å². The first-order valence-electron chi connectivity index (χ1n) is 12.4. The monoisotopic (exact) mass is 595 g/mol. The second-order valence-electron chi connectivity index (χ2n) is 9.52. The van der Waals surface area contributed by atoms with Crippen molar-refractivity contribution in [1.29, 1.82) is 0 Å². The lowest BCUT2D eigenvalue weighted by Crippen LogP contribution is -2.42. The number of cyclic esters (lactones) is 1. The molecular weight excluding hydrogens is 570 g/mol. The van der Waals surface area contributed by atoms with Crippen molar-refractivity contribution in [1.82, 2.24) is 5.32 Å². The maximum atomic E-state index is 13.5. The second kappa shape index (κ2) is 10.00. The lowest BCUT2D eigenvalue weighted by atomic mass is 9.65. The predicted molar refractivity (Wildman–Crippen MR) is 143 cm³/mol. The third-order valence-corrected chi connectivity index (χ3v) is 8.33. The average molecular weight is 596 g/mol. The van der Waals surface area contributed by atoms with Crippen molar-refractivity contribution in [3.63, 3.8) is 0 Å². The summed E-state index contributed by atoms with van der Waals surface area (Å²) >= 11 is 3.47. The van der Waals surface area contributed by atoms with Crippen LogP contribution >= 0.6 is 15.9 Å². The van der Waals surface area contributed by atoms with E-state index in [4.69, 9.17) is 28.4 Å². The van der Waals surface area contributed by atoms with Crippen LogP contribution in [0, 0.1) is 11.8 Å². The summed E-state index contributed by atoms with van der Waals surface area (Å²) in [7, 11) is 4.64. The Morgan fingerprint density at radius 3 is 2.23 bits per heavy atom. The van der Waals surface area contributed by atoms with E-state index in [0.29, 0.717) is 38.8 Å². The van der Waals surface area contributed by atoms with Crippen LogP contribution < -0.4 is 29.0 Å². The average Bonchev–Trinajstić information content (AvgIpc) is 3.57. The number of rotatable bonds is 6. The highest BCUT2D eigenvalue weighted by atomic mass is 79.9. The number of methoxy groups -OCH3 is 3. The van der Waals surface area contributed by atoms with Crippen LogP contribution in [0.5, 0.6) is 28.7 Å². The molecule has 1 amide bonds. The van der Waals surface area contributed by atoms with Gasteiger partial charge in [0, 0.05) is 16.3 Å². The fourth-order valence-corrected chi connectivity index (χ4v) is 6.36. The molecule has 2 heterocycles. The molecule has 9 nitrogen and oxygen atoms in total. The molecule has 0 saturated carbocycles. The van der Waals surface area contributed by atoms with Gasteiger partial charge in [0.25, 0.3) is 5.91 Å². The minimum absolute atomic E-state index is 0.0932. The summed E-state index contributed by atoms with van der Waals surface area (Å²) < 4.78 is 34.5. The van der Waals surface area contributed by atoms with E-state index >= 15 is 0 Å². The molecular formula is C29H26BrNO8. The number of halogens is 1. The minimum Gasteiger partial charge on any atom is -0.493 e. The fraction of sp³-hybridized carbons (Fsp3) is 0.310. The van der Waals surface area contributed by atoms with Crippen molar-refractivity contribution in [3.8, 4) is 28.7 Å². The first-order valence-corrected chi connectivity index (χ1v) is 13.2. The standard InChI is InChI=1S/C29H26BrNO8/c1-34-22-8-14(9-23(35-2)27(22)36-3)24-16-10-20-21(39-13-38-20)11-17(16)26(18-12-37-29(33)25(18)24)31-28(32)15-6-4-5-7-19(15)30/h4-11,18,24-26H,12-13H2,1-3H3,(H,31,32)/t18-,24+,25?,26+/m0/s1. The molecule has 1 aliphatic carbocycles. The number of fused-ring (bicyclic) bond motifs is 3. The summed E-state index contributed by atoms with van der Waals surface area (Å²) in [6.45, 7) is 0.259. The molecule has 1 saturated heterocycles. The van der Waals surface area contributed by atoms with Crippen LogP contribution in [-0.4, -0.2) is 46.6 Å². The number of carbonyl (C=O) groups is 2. The zero-order chi connectivity index (χ0) is 27.3. The number of carbonyl (C=O) groups excluding carboxylic acids is 2. The summed E-state index contributed by atoms with van der Waals surface area (Å²) in [5.41, 5.74) is 2.94. The van der Waals surface area contributed by atoms with Crippen molar-refractivity contribution in [2.75, 3.05) is 34.7 Å². The van der Waals surface area contributed by atoms with Crippen molar-refractivity contribution in [2.45, 2.75) is 12.0 Å². The van der Waals surface area contributed by atoms with Crippen LogP contribution in [0.1, 0.15) is 39.0 Å². The van der Waals surface area contributed by atoms with Crippen LogP contribution in [0.2, 0.25) is 0 Å². The number of hydrogen-bond acceptors (Lipinski definition) is 8. The van der Waals surface area contributed by atoms with Gasteiger partial charge >= 0.3 is 5.97 Å². The fourth-order valence-electron chi connectivity index (χ4n) is 5.89. The Hall–Kier alpha value is -3.92. The number of esters is 1. The summed E-state index contributed by atoms with van der Waals surface area (Å²) in [6, 6.07) is 14.2. The molecule has 3 aromatic carbocycles. The smallest absolute Gasteiger partial charge is 0.310 e. The van der Waals surface area contributed by atoms with Gasteiger partial charge in [-0.2, -0.15) is 0 Å². The summed E-state index contributed by atoms with van der Waals surface area (Å²) in [4.78, 5) is 26.8. The lowest BCUT2D eigenvalue weighted by molar-refractivity contribution is -0.141. The Labute approximate surface area is 233 Å². The molecule has 202 valence electrons. The van der Waals surface area contributed by atoms with E-state index in [1.54, 1.807) is 33.5 Å². The summed E-state index contributed by atoms with van der Waals surface area (Å²) in [5, 5.41) is 3.18. The Morgan fingerprint density at radius 2 is 1.59 bits per heavy atom. The molecule has 3 aliphatic rings. The van der Waals surface area contributed by atoms with Gasteiger partial charge in [-0.15, -0.1) is 0 Å². The van der Waals surface area contributed by atoms with Crippen molar-refractivity contribution < 1.29 is 38.0 Å². The molecule has 0 bridgehead atoms. The van der Waals surface area contributed by atoms with Gasteiger partial charge in [-0.3, -0.25) is 9.59 Å². The van der Waals surface area contributed by atoms with Gasteiger partial charge in [-0.25, -0.2) is 0 Å². The van der Waals surface area contributed by atoms with Crippen LogP contribution in [0.15, 0.2) is 53.0 Å².